The molecule has 0 aliphatic carbocycles. The van der Waals surface area contributed by atoms with Crippen LogP contribution in [0.15, 0.2) is 0 Å². The Morgan fingerprint density at radius 3 is 2.53 bits per heavy atom. The summed E-state index contributed by atoms with van der Waals surface area (Å²) in [5.74, 6) is -1.20. The number of hydrogen-bond acceptors (Lipinski definition) is 4. The number of aromatic nitrogens is 2. The molecule has 1 rings (SSSR count). The largest absolute Gasteiger partial charge is 0.478 e. The summed E-state index contributed by atoms with van der Waals surface area (Å²) in [7, 11) is -3.14. The number of halogens is 1. The Labute approximate surface area is 117 Å². The van der Waals surface area contributed by atoms with Crippen LogP contribution in [0.1, 0.15) is 36.3 Å². The number of aromatic carboxylic acids is 1. The van der Waals surface area contributed by atoms with Crippen LogP contribution in [0.25, 0.3) is 0 Å². The van der Waals surface area contributed by atoms with E-state index >= 15 is 0 Å². The van der Waals surface area contributed by atoms with Gasteiger partial charge in [0.25, 0.3) is 0 Å². The van der Waals surface area contributed by atoms with Gasteiger partial charge >= 0.3 is 5.97 Å². The molecule has 0 fully saturated rings. The van der Waals surface area contributed by atoms with E-state index in [-0.39, 0.29) is 28.8 Å². The molecule has 6 nitrogen and oxygen atoms in total. The van der Waals surface area contributed by atoms with Crippen molar-refractivity contribution in [3.63, 3.8) is 0 Å². The predicted molar refractivity (Wildman–Crippen MR) is 72.5 cm³/mol. The second kappa shape index (κ2) is 6.38. The Balaban J connectivity index is 3.03. The van der Waals surface area contributed by atoms with Gasteiger partial charge in [0.05, 0.1) is 18.0 Å². The zero-order valence-corrected chi connectivity index (χ0v) is 12.5. The van der Waals surface area contributed by atoms with Gasteiger partial charge in [-0.05, 0) is 6.42 Å². The first-order chi connectivity index (χ1) is 8.82. The van der Waals surface area contributed by atoms with Gasteiger partial charge in [-0.15, -0.1) is 0 Å². The molecular formula is C11H17ClN2O4S. The quantitative estimate of drug-likeness (QED) is 0.826. The van der Waals surface area contributed by atoms with Gasteiger partial charge in [-0.1, -0.05) is 31.9 Å². The van der Waals surface area contributed by atoms with Crippen LogP contribution in [0, 0.1) is 0 Å². The first kappa shape index (κ1) is 16.0. The van der Waals surface area contributed by atoms with E-state index in [9.17, 15) is 13.2 Å². The normalized spacial score (nSPS) is 11.7. The third-order valence-corrected chi connectivity index (χ3v) is 4.79. The summed E-state index contributed by atoms with van der Waals surface area (Å²) in [5, 5.41) is 13.2. The van der Waals surface area contributed by atoms with Crippen molar-refractivity contribution in [1.82, 2.24) is 9.78 Å². The number of sulfone groups is 1. The lowest BCUT2D eigenvalue weighted by Crippen LogP contribution is -2.15. The third kappa shape index (κ3) is 3.94. The van der Waals surface area contributed by atoms with Crippen molar-refractivity contribution in [1.29, 1.82) is 0 Å². The van der Waals surface area contributed by atoms with E-state index in [0.29, 0.717) is 12.1 Å². The van der Waals surface area contributed by atoms with Crippen molar-refractivity contribution in [2.24, 2.45) is 0 Å². The summed E-state index contributed by atoms with van der Waals surface area (Å²) < 4.78 is 24.1. The second-order valence-corrected chi connectivity index (χ2v) is 6.96. The number of hydrogen-bond donors (Lipinski definition) is 1. The summed E-state index contributed by atoms with van der Waals surface area (Å²) in [4.78, 5) is 11.1. The highest BCUT2D eigenvalue weighted by Crippen LogP contribution is 2.21. The minimum Gasteiger partial charge on any atom is -0.478 e. The summed E-state index contributed by atoms with van der Waals surface area (Å²) >= 11 is 5.96. The fourth-order valence-corrected chi connectivity index (χ4v) is 2.68. The molecule has 0 amide bonds. The van der Waals surface area contributed by atoms with Crippen LogP contribution in [0.3, 0.4) is 0 Å². The van der Waals surface area contributed by atoms with Gasteiger partial charge in [0.2, 0.25) is 0 Å². The molecule has 108 valence electrons. The molecule has 1 N–H and O–H groups in total. The Morgan fingerprint density at radius 1 is 1.42 bits per heavy atom. The van der Waals surface area contributed by atoms with Crippen LogP contribution in [0.5, 0.6) is 0 Å². The zero-order valence-electron chi connectivity index (χ0n) is 10.9. The maximum absolute atomic E-state index is 11.4. The van der Waals surface area contributed by atoms with Crippen LogP contribution >= 0.6 is 11.6 Å². The van der Waals surface area contributed by atoms with Gasteiger partial charge in [-0.25, -0.2) is 13.2 Å². The van der Waals surface area contributed by atoms with Crippen molar-refractivity contribution in [3.05, 3.63) is 16.4 Å². The summed E-state index contributed by atoms with van der Waals surface area (Å²) in [6, 6.07) is 0. The zero-order chi connectivity index (χ0) is 14.6. The predicted octanol–water partition coefficient (Wildman–Crippen LogP) is 1.62. The lowest BCUT2D eigenvalue weighted by molar-refractivity contribution is 0.0696. The van der Waals surface area contributed by atoms with Crippen LogP contribution in [0.2, 0.25) is 5.15 Å². The fourth-order valence-electron chi connectivity index (χ4n) is 1.63. The molecule has 8 heteroatoms. The van der Waals surface area contributed by atoms with E-state index < -0.39 is 15.8 Å². The van der Waals surface area contributed by atoms with E-state index in [0.717, 1.165) is 6.42 Å². The van der Waals surface area contributed by atoms with Crippen molar-refractivity contribution < 1.29 is 18.3 Å². The maximum Gasteiger partial charge on any atom is 0.340 e. The molecule has 0 spiro atoms. The van der Waals surface area contributed by atoms with E-state index in [4.69, 9.17) is 16.7 Å². The lowest BCUT2D eigenvalue weighted by Gasteiger charge is -2.03. The Hall–Kier alpha value is -1.08. The minimum atomic E-state index is -3.14. The molecule has 0 aliphatic rings. The van der Waals surface area contributed by atoms with Crippen molar-refractivity contribution in [2.75, 3.05) is 11.5 Å². The van der Waals surface area contributed by atoms with E-state index in [1.165, 1.54) is 4.68 Å². The van der Waals surface area contributed by atoms with Crippen LogP contribution in [0.4, 0.5) is 0 Å². The van der Waals surface area contributed by atoms with E-state index in [1.54, 1.807) is 6.92 Å². The average Bonchev–Trinajstić information content (AvgIpc) is 2.64. The highest BCUT2D eigenvalue weighted by atomic mass is 35.5. The number of nitrogens with zero attached hydrogens (tertiary/aromatic N) is 2. The molecule has 0 unspecified atom stereocenters. The molecule has 0 saturated carbocycles. The molecule has 0 aliphatic heterocycles. The first-order valence-electron chi connectivity index (χ1n) is 6.01. The van der Waals surface area contributed by atoms with Crippen LogP contribution < -0.4 is 0 Å². The van der Waals surface area contributed by atoms with Gasteiger partial charge in [-0.2, -0.15) is 5.10 Å². The maximum atomic E-state index is 11.4. The molecule has 1 heterocycles. The minimum absolute atomic E-state index is 0.0118. The summed E-state index contributed by atoms with van der Waals surface area (Å²) in [5.41, 5.74) is 0.367. The van der Waals surface area contributed by atoms with Crippen LogP contribution in [-0.4, -0.2) is 40.8 Å². The molecule has 0 saturated heterocycles. The highest BCUT2D eigenvalue weighted by Gasteiger charge is 2.22. The van der Waals surface area contributed by atoms with Gasteiger partial charge in [-0.3, -0.25) is 4.68 Å². The molecule has 0 aromatic carbocycles. The lowest BCUT2D eigenvalue weighted by atomic mass is 10.2. The molecule has 1 aromatic rings. The number of carboxylic acids is 1. The molecule has 0 atom stereocenters. The van der Waals surface area contributed by atoms with Gasteiger partial charge in [0.1, 0.15) is 10.7 Å². The molecule has 0 bridgehead atoms. The molecule has 1 aromatic heterocycles. The molecule has 19 heavy (non-hydrogen) atoms. The standard InChI is InChI=1S/C11H17ClN2O4S/c1-3-5-8-9(11(15)16)10(12)14(13-8)6-7-19(17,18)4-2/h3-7H2,1-2H3,(H,15,16). The molecular weight excluding hydrogens is 292 g/mol. The number of carboxylic acid groups (broad SMARTS) is 1. The SMILES string of the molecule is CCCc1nn(CCS(=O)(=O)CC)c(Cl)c1C(=O)O. The summed E-state index contributed by atoms with van der Waals surface area (Å²) in [6.45, 7) is 3.53. The van der Waals surface area contributed by atoms with Crippen LogP contribution in [-0.2, 0) is 22.8 Å². The third-order valence-electron chi connectivity index (χ3n) is 2.72. The smallest absolute Gasteiger partial charge is 0.340 e. The second-order valence-electron chi connectivity index (χ2n) is 4.13. The van der Waals surface area contributed by atoms with Gasteiger partial charge < -0.3 is 5.11 Å². The number of carbonyl (C=O) groups is 1. The van der Waals surface area contributed by atoms with E-state index in [2.05, 4.69) is 5.10 Å². The van der Waals surface area contributed by atoms with Crippen molar-refractivity contribution in [3.8, 4) is 0 Å². The van der Waals surface area contributed by atoms with Gasteiger partial charge in [0.15, 0.2) is 9.84 Å². The van der Waals surface area contributed by atoms with Crippen molar-refractivity contribution >= 4 is 27.4 Å². The van der Waals surface area contributed by atoms with Crippen molar-refractivity contribution in [2.45, 2.75) is 33.2 Å². The Bertz CT molecular complexity index is 565. The summed E-state index contributed by atoms with van der Waals surface area (Å²) in [6.07, 6.45) is 1.23. The Kier molecular flexibility index (Phi) is 5.37. The highest BCUT2D eigenvalue weighted by molar-refractivity contribution is 7.91. The van der Waals surface area contributed by atoms with Gasteiger partial charge in [0, 0.05) is 5.75 Å². The Morgan fingerprint density at radius 2 is 2.05 bits per heavy atom. The number of rotatable bonds is 7. The number of aryl methyl sites for hydroxylation is 2. The fraction of sp³-hybridized carbons (Fsp3) is 0.636. The topological polar surface area (TPSA) is 89.3 Å². The monoisotopic (exact) mass is 308 g/mol. The average molecular weight is 309 g/mol. The molecule has 0 radical (unpaired) electrons. The van der Waals surface area contributed by atoms with E-state index in [1.807, 2.05) is 6.92 Å². The first-order valence-corrected chi connectivity index (χ1v) is 8.21.